The molecule has 2 N–H and O–H groups in total. The summed E-state index contributed by atoms with van der Waals surface area (Å²) in [5.41, 5.74) is 1.02. The van der Waals surface area contributed by atoms with E-state index in [1.807, 2.05) is 0 Å². The van der Waals surface area contributed by atoms with Crippen molar-refractivity contribution >= 4 is 5.97 Å². The molecule has 5 aliphatic carbocycles. The molecular weight excluding hydrogens is 250 g/mol. The molecule has 20 heavy (non-hydrogen) atoms. The molecular formula is C17H27NO2. The van der Waals surface area contributed by atoms with Crippen molar-refractivity contribution in [2.45, 2.75) is 76.8 Å². The van der Waals surface area contributed by atoms with Gasteiger partial charge in [-0.05, 0) is 74.0 Å². The highest BCUT2D eigenvalue weighted by molar-refractivity contribution is 5.74. The highest BCUT2D eigenvalue weighted by Crippen LogP contribution is 2.66. The minimum atomic E-state index is -0.626. The topological polar surface area (TPSA) is 49.3 Å². The predicted molar refractivity (Wildman–Crippen MR) is 77.4 cm³/mol. The van der Waals surface area contributed by atoms with Crippen LogP contribution in [0.3, 0.4) is 0 Å². The van der Waals surface area contributed by atoms with Gasteiger partial charge in [0.1, 0.15) is 6.04 Å². The maximum absolute atomic E-state index is 11.6. The molecule has 0 aromatic heterocycles. The van der Waals surface area contributed by atoms with Crippen LogP contribution in [-0.2, 0) is 4.79 Å². The fourth-order valence-corrected chi connectivity index (χ4v) is 6.75. The molecule has 0 aromatic carbocycles. The Morgan fingerprint density at radius 3 is 2.15 bits per heavy atom. The van der Waals surface area contributed by atoms with Gasteiger partial charge in [0.05, 0.1) is 0 Å². The van der Waals surface area contributed by atoms with E-state index in [1.165, 1.54) is 38.5 Å². The zero-order chi connectivity index (χ0) is 14.2. The molecule has 112 valence electrons. The van der Waals surface area contributed by atoms with E-state index < -0.39 is 5.97 Å². The van der Waals surface area contributed by atoms with Crippen molar-refractivity contribution < 1.29 is 9.90 Å². The van der Waals surface area contributed by atoms with Gasteiger partial charge in [-0.3, -0.25) is 10.1 Å². The zero-order valence-corrected chi connectivity index (χ0v) is 12.7. The summed E-state index contributed by atoms with van der Waals surface area (Å²) in [5, 5.41) is 13.2. The summed E-state index contributed by atoms with van der Waals surface area (Å²) in [5.74, 6) is 0.585. The van der Waals surface area contributed by atoms with E-state index in [-0.39, 0.29) is 11.6 Å². The summed E-state index contributed by atoms with van der Waals surface area (Å²) in [7, 11) is 0. The van der Waals surface area contributed by atoms with E-state index in [1.54, 1.807) is 0 Å². The Morgan fingerprint density at radius 2 is 1.70 bits per heavy atom. The molecule has 4 bridgehead atoms. The van der Waals surface area contributed by atoms with Crippen LogP contribution in [0.5, 0.6) is 0 Å². The van der Waals surface area contributed by atoms with Crippen molar-refractivity contribution in [1.82, 2.24) is 5.32 Å². The van der Waals surface area contributed by atoms with Crippen LogP contribution < -0.4 is 5.32 Å². The maximum Gasteiger partial charge on any atom is 0.320 e. The van der Waals surface area contributed by atoms with Gasteiger partial charge in [0.15, 0.2) is 0 Å². The summed E-state index contributed by atoms with van der Waals surface area (Å²) in [6.07, 6.45) is 9.89. The summed E-state index contributed by atoms with van der Waals surface area (Å²) in [6, 6.07) is -0.293. The second-order valence-electron chi connectivity index (χ2n) is 9.21. The van der Waals surface area contributed by atoms with E-state index >= 15 is 0 Å². The number of rotatable bonds is 4. The van der Waals surface area contributed by atoms with Gasteiger partial charge in [-0.25, -0.2) is 0 Å². The predicted octanol–water partition coefficient (Wildman–Crippen LogP) is 3.19. The first-order chi connectivity index (χ1) is 9.31. The summed E-state index contributed by atoms with van der Waals surface area (Å²) in [4.78, 5) is 11.6. The van der Waals surface area contributed by atoms with Crippen molar-refractivity contribution in [2.75, 3.05) is 0 Å². The molecule has 5 aliphatic rings. The second kappa shape index (κ2) is 3.79. The van der Waals surface area contributed by atoms with Gasteiger partial charge >= 0.3 is 5.97 Å². The molecule has 0 heterocycles. The fraction of sp³-hybridized carbons (Fsp3) is 0.941. The molecule has 3 unspecified atom stereocenters. The van der Waals surface area contributed by atoms with Gasteiger partial charge in [0, 0.05) is 5.54 Å². The third-order valence-electron chi connectivity index (χ3n) is 6.45. The quantitative estimate of drug-likeness (QED) is 0.829. The Hall–Kier alpha value is -0.570. The maximum atomic E-state index is 11.6. The lowest BCUT2D eigenvalue weighted by Gasteiger charge is -2.66. The van der Waals surface area contributed by atoms with E-state index in [0.29, 0.717) is 16.7 Å². The molecule has 5 saturated carbocycles. The Morgan fingerprint density at radius 1 is 1.10 bits per heavy atom. The number of hydrogen-bond acceptors (Lipinski definition) is 2. The molecule has 5 fully saturated rings. The number of carboxylic acid groups (broad SMARTS) is 1. The van der Waals surface area contributed by atoms with Gasteiger partial charge in [-0.2, -0.15) is 0 Å². The lowest BCUT2D eigenvalue weighted by Crippen LogP contribution is -2.66. The van der Waals surface area contributed by atoms with Crippen molar-refractivity contribution in [1.29, 1.82) is 0 Å². The number of hydrogen-bond donors (Lipinski definition) is 2. The zero-order valence-electron chi connectivity index (χ0n) is 12.7. The molecule has 0 aliphatic heterocycles. The van der Waals surface area contributed by atoms with E-state index in [4.69, 9.17) is 0 Å². The molecule has 0 spiro atoms. The van der Waals surface area contributed by atoms with Gasteiger partial charge in [0.25, 0.3) is 0 Å². The Labute approximate surface area is 121 Å². The van der Waals surface area contributed by atoms with Crippen LogP contribution in [0.2, 0.25) is 0 Å². The molecule has 3 nitrogen and oxygen atoms in total. The number of nitrogens with one attached hydrogen (secondary N) is 1. The average Bonchev–Trinajstić information content (AvgIpc) is 3.03. The molecule has 3 atom stereocenters. The van der Waals surface area contributed by atoms with Crippen LogP contribution in [0.4, 0.5) is 0 Å². The third-order valence-corrected chi connectivity index (χ3v) is 6.45. The largest absolute Gasteiger partial charge is 0.480 e. The second-order valence-corrected chi connectivity index (χ2v) is 9.21. The smallest absolute Gasteiger partial charge is 0.320 e. The summed E-state index contributed by atoms with van der Waals surface area (Å²) < 4.78 is 0. The Balaban J connectivity index is 1.62. The first kappa shape index (κ1) is 13.1. The third kappa shape index (κ3) is 2.01. The molecule has 0 saturated heterocycles. The SMILES string of the molecule is CC12CC3CC(C)(C1)CC(NC(C(=O)O)C1CC1)(C3)C2. The van der Waals surface area contributed by atoms with Gasteiger partial charge < -0.3 is 5.11 Å². The number of carboxylic acids is 1. The Kier molecular flexibility index (Phi) is 2.49. The lowest BCUT2D eigenvalue weighted by atomic mass is 9.42. The Bertz CT molecular complexity index is 438. The van der Waals surface area contributed by atoms with Crippen LogP contribution in [0.15, 0.2) is 0 Å². The number of aliphatic carboxylic acids is 1. The number of carbonyl (C=O) groups is 1. The monoisotopic (exact) mass is 277 g/mol. The summed E-state index contributed by atoms with van der Waals surface area (Å²) >= 11 is 0. The van der Waals surface area contributed by atoms with Crippen molar-refractivity contribution in [3.63, 3.8) is 0 Å². The summed E-state index contributed by atoms with van der Waals surface area (Å²) in [6.45, 7) is 4.89. The van der Waals surface area contributed by atoms with Crippen molar-refractivity contribution in [3.05, 3.63) is 0 Å². The van der Waals surface area contributed by atoms with Gasteiger partial charge in [-0.1, -0.05) is 13.8 Å². The molecule has 3 heteroatoms. The van der Waals surface area contributed by atoms with Crippen LogP contribution >= 0.6 is 0 Å². The standard InChI is InChI=1S/C17H27NO2/c1-15-5-11-6-16(2,8-15)10-17(7-11,9-15)18-13(14(19)20)12-3-4-12/h11-13,18H,3-10H2,1-2H3,(H,19,20). The van der Waals surface area contributed by atoms with Crippen molar-refractivity contribution in [3.8, 4) is 0 Å². The highest BCUT2D eigenvalue weighted by atomic mass is 16.4. The highest BCUT2D eigenvalue weighted by Gasteiger charge is 2.61. The fourth-order valence-electron chi connectivity index (χ4n) is 6.75. The minimum Gasteiger partial charge on any atom is -0.480 e. The van der Waals surface area contributed by atoms with Crippen LogP contribution in [0, 0.1) is 22.7 Å². The lowest BCUT2D eigenvalue weighted by molar-refractivity contribution is -0.147. The van der Waals surface area contributed by atoms with Crippen LogP contribution in [-0.4, -0.2) is 22.7 Å². The minimum absolute atomic E-state index is 0.120. The molecule has 5 rings (SSSR count). The normalized spacial score (nSPS) is 51.2. The van der Waals surface area contributed by atoms with E-state index in [2.05, 4.69) is 19.2 Å². The average molecular weight is 277 g/mol. The van der Waals surface area contributed by atoms with E-state index in [0.717, 1.165) is 18.8 Å². The molecule has 0 aromatic rings. The van der Waals surface area contributed by atoms with Crippen molar-refractivity contribution in [2.24, 2.45) is 22.7 Å². The molecule has 0 radical (unpaired) electrons. The molecule has 0 amide bonds. The first-order valence-electron chi connectivity index (χ1n) is 8.31. The van der Waals surface area contributed by atoms with Gasteiger partial charge in [-0.15, -0.1) is 0 Å². The first-order valence-corrected chi connectivity index (χ1v) is 8.31. The van der Waals surface area contributed by atoms with Crippen LogP contribution in [0.1, 0.15) is 65.2 Å². The van der Waals surface area contributed by atoms with Crippen LogP contribution in [0.25, 0.3) is 0 Å². The van der Waals surface area contributed by atoms with Gasteiger partial charge in [0.2, 0.25) is 0 Å². The van der Waals surface area contributed by atoms with E-state index in [9.17, 15) is 9.90 Å².